The third-order valence-electron chi connectivity index (χ3n) is 3.55. The SMILES string of the molecule is CCC(CC)NC(=O)CNc1ccc2ccccc2c1. The van der Waals surface area contributed by atoms with Gasteiger partial charge in [0.25, 0.3) is 0 Å². The average molecular weight is 270 g/mol. The summed E-state index contributed by atoms with van der Waals surface area (Å²) in [7, 11) is 0. The standard InChI is InChI=1S/C17H22N2O/c1-3-15(4-2)19-17(20)12-18-16-10-9-13-7-5-6-8-14(13)11-16/h5-11,15,18H,3-4,12H2,1-2H3,(H,19,20). The van der Waals surface area contributed by atoms with Gasteiger partial charge in [-0.15, -0.1) is 0 Å². The van der Waals surface area contributed by atoms with Gasteiger partial charge in [0.1, 0.15) is 0 Å². The number of carbonyl (C=O) groups is 1. The molecule has 0 fully saturated rings. The molecule has 1 amide bonds. The predicted molar refractivity (Wildman–Crippen MR) is 85.0 cm³/mol. The summed E-state index contributed by atoms with van der Waals surface area (Å²) in [4.78, 5) is 11.8. The minimum Gasteiger partial charge on any atom is -0.376 e. The highest BCUT2D eigenvalue weighted by Crippen LogP contribution is 2.18. The summed E-state index contributed by atoms with van der Waals surface area (Å²) in [5, 5.41) is 8.59. The van der Waals surface area contributed by atoms with Crippen molar-refractivity contribution in [2.24, 2.45) is 0 Å². The molecule has 2 aromatic rings. The monoisotopic (exact) mass is 270 g/mol. The average Bonchev–Trinajstić information content (AvgIpc) is 2.50. The highest BCUT2D eigenvalue weighted by Gasteiger charge is 2.07. The Balaban J connectivity index is 1.93. The molecule has 0 aromatic heterocycles. The molecule has 2 rings (SSSR count). The van der Waals surface area contributed by atoms with Gasteiger partial charge in [-0.1, -0.05) is 44.2 Å². The van der Waals surface area contributed by atoms with Crippen LogP contribution in [0.2, 0.25) is 0 Å². The molecule has 0 aliphatic carbocycles. The van der Waals surface area contributed by atoms with Crippen LogP contribution in [0.15, 0.2) is 42.5 Å². The molecule has 0 spiro atoms. The number of benzene rings is 2. The molecule has 0 aliphatic rings. The van der Waals surface area contributed by atoms with Crippen molar-refractivity contribution in [3.05, 3.63) is 42.5 Å². The fourth-order valence-corrected chi connectivity index (χ4v) is 2.25. The van der Waals surface area contributed by atoms with Gasteiger partial charge in [0.05, 0.1) is 6.54 Å². The van der Waals surface area contributed by atoms with Gasteiger partial charge in [-0.3, -0.25) is 4.79 Å². The summed E-state index contributed by atoms with van der Waals surface area (Å²) < 4.78 is 0. The van der Waals surface area contributed by atoms with E-state index in [1.807, 2.05) is 18.2 Å². The molecule has 3 heteroatoms. The summed E-state index contributed by atoms with van der Waals surface area (Å²) in [5.74, 6) is 0.0480. The smallest absolute Gasteiger partial charge is 0.239 e. The van der Waals surface area contributed by atoms with Gasteiger partial charge in [0.2, 0.25) is 5.91 Å². The summed E-state index contributed by atoms with van der Waals surface area (Å²) >= 11 is 0. The van der Waals surface area contributed by atoms with Gasteiger partial charge in [0.15, 0.2) is 0 Å². The van der Waals surface area contributed by atoms with Crippen molar-refractivity contribution in [2.45, 2.75) is 32.7 Å². The minimum atomic E-state index is 0.0480. The molecule has 0 saturated heterocycles. The Bertz CT molecular complexity index is 576. The second-order valence-electron chi connectivity index (χ2n) is 5.00. The first kappa shape index (κ1) is 14.4. The molecule has 0 saturated carbocycles. The Kier molecular flexibility index (Phi) is 4.99. The topological polar surface area (TPSA) is 41.1 Å². The molecular formula is C17H22N2O. The molecule has 0 unspecified atom stereocenters. The lowest BCUT2D eigenvalue weighted by Crippen LogP contribution is -2.37. The van der Waals surface area contributed by atoms with Crippen LogP contribution >= 0.6 is 0 Å². The summed E-state index contributed by atoms with van der Waals surface area (Å²) in [5.41, 5.74) is 0.975. The van der Waals surface area contributed by atoms with Gasteiger partial charge in [-0.25, -0.2) is 0 Å². The molecule has 2 N–H and O–H groups in total. The zero-order chi connectivity index (χ0) is 14.4. The molecule has 0 bridgehead atoms. The van der Waals surface area contributed by atoms with Crippen molar-refractivity contribution in [2.75, 3.05) is 11.9 Å². The first-order valence-corrected chi connectivity index (χ1v) is 7.25. The van der Waals surface area contributed by atoms with Crippen molar-refractivity contribution >= 4 is 22.4 Å². The van der Waals surface area contributed by atoms with E-state index >= 15 is 0 Å². The Morgan fingerprint density at radius 1 is 1.05 bits per heavy atom. The first-order chi connectivity index (χ1) is 9.72. The lowest BCUT2D eigenvalue weighted by Gasteiger charge is -2.15. The number of carbonyl (C=O) groups excluding carboxylic acids is 1. The highest BCUT2D eigenvalue weighted by atomic mass is 16.1. The number of rotatable bonds is 6. The largest absolute Gasteiger partial charge is 0.376 e. The summed E-state index contributed by atoms with van der Waals surface area (Å²) in [6.07, 6.45) is 1.94. The number of hydrogen-bond donors (Lipinski definition) is 2. The van der Waals surface area contributed by atoms with E-state index in [-0.39, 0.29) is 11.9 Å². The van der Waals surface area contributed by atoms with Crippen molar-refractivity contribution < 1.29 is 4.79 Å². The van der Waals surface area contributed by atoms with Crippen molar-refractivity contribution in [1.29, 1.82) is 0 Å². The number of amides is 1. The van der Waals surface area contributed by atoms with E-state index in [0.29, 0.717) is 6.54 Å². The zero-order valence-electron chi connectivity index (χ0n) is 12.1. The molecular weight excluding hydrogens is 248 g/mol. The van der Waals surface area contributed by atoms with E-state index in [9.17, 15) is 4.79 Å². The number of anilines is 1. The van der Waals surface area contributed by atoms with E-state index in [2.05, 4.69) is 48.7 Å². The molecule has 0 heterocycles. The fourth-order valence-electron chi connectivity index (χ4n) is 2.25. The van der Waals surface area contributed by atoms with Crippen LogP contribution in [0.3, 0.4) is 0 Å². The third-order valence-corrected chi connectivity index (χ3v) is 3.55. The predicted octanol–water partition coefficient (Wildman–Crippen LogP) is 3.56. The van der Waals surface area contributed by atoms with Crippen LogP contribution in [0.4, 0.5) is 5.69 Å². The molecule has 3 nitrogen and oxygen atoms in total. The zero-order valence-corrected chi connectivity index (χ0v) is 12.1. The van der Waals surface area contributed by atoms with Crippen LogP contribution in [0.25, 0.3) is 10.8 Å². The maximum atomic E-state index is 11.8. The van der Waals surface area contributed by atoms with Gasteiger partial charge in [0, 0.05) is 11.7 Å². The van der Waals surface area contributed by atoms with E-state index < -0.39 is 0 Å². The summed E-state index contributed by atoms with van der Waals surface area (Å²) in [6.45, 7) is 4.49. The van der Waals surface area contributed by atoms with Crippen LogP contribution in [-0.4, -0.2) is 18.5 Å². The molecule has 106 valence electrons. The normalized spacial score (nSPS) is 10.8. The van der Waals surface area contributed by atoms with E-state index in [1.165, 1.54) is 10.8 Å². The van der Waals surface area contributed by atoms with Gasteiger partial charge < -0.3 is 10.6 Å². The Hall–Kier alpha value is -2.03. The lowest BCUT2D eigenvalue weighted by atomic mass is 10.1. The van der Waals surface area contributed by atoms with Crippen LogP contribution < -0.4 is 10.6 Å². The summed E-state index contributed by atoms with van der Waals surface area (Å²) in [6, 6.07) is 14.6. The number of fused-ring (bicyclic) bond motifs is 1. The maximum absolute atomic E-state index is 11.8. The van der Waals surface area contributed by atoms with Crippen LogP contribution in [0.5, 0.6) is 0 Å². The molecule has 0 radical (unpaired) electrons. The Labute approximate surface area is 120 Å². The number of hydrogen-bond acceptors (Lipinski definition) is 2. The van der Waals surface area contributed by atoms with Crippen molar-refractivity contribution in [3.8, 4) is 0 Å². The molecule has 0 aliphatic heterocycles. The van der Waals surface area contributed by atoms with E-state index in [0.717, 1.165) is 18.5 Å². The van der Waals surface area contributed by atoms with Crippen LogP contribution in [0.1, 0.15) is 26.7 Å². The Morgan fingerprint density at radius 3 is 2.45 bits per heavy atom. The Morgan fingerprint density at radius 2 is 1.75 bits per heavy atom. The lowest BCUT2D eigenvalue weighted by molar-refractivity contribution is -0.120. The van der Waals surface area contributed by atoms with Crippen LogP contribution in [-0.2, 0) is 4.79 Å². The maximum Gasteiger partial charge on any atom is 0.239 e. The van der Waals surface area contributed by atoms with E-state index in [4.69, 9.17) is 0 Å². The second kappa shape index (κ2) is 6.94. The third kappa shape index (κ3) is 3.73. The fraction of sp³-hybridized carbons (Fsp3) is 0.353. The van der Waals surface area contributed by atoms with E-state index in [1.54, 1.807) is 0 Å². The molecule has 20 heavy (non-hydrogen) atoms. The quantitative estimate of drug-likeness (QED) is 0.842. The number of nitrogens with one attached hydrogen (secondary N) is 2. The van der Waals surface area contributed by atoms with Gasteiger partial charge >= 0.3 is 0 Å². The van der Waals surface area contributed by atoms with Crippen molar-refractivity contribution in [3.63, 3.8) is 0 Å². The van der Waals surface area contributed by atoms with Crippen molar-refractivity contribution in [1.82, 2.24) is 5.32 Å². The van der Waals surface area contributed by atoms with Gasteiger partial charge in [-0.2, -0.15) is 0 Å². The molecule has 2 aromatic carbocycles. The second-order valence-corrected chi connectivity index (χ2v) is 5.00. The highest BCUT2D eigenvalue weighted by molar-refractivity contribution is 5.87. The first-order valence-electron chi connectivity index (χ1n) is 7.25. The minimum absolute atomic E-state index is 0.0480. The van der Waals surface area contributed by atoms with Crippen LogP contribution in [0, 0.1) is 0 Å². The molecule has 0 atom stereocenters. The van der Waals surface area contributed by atoms with Gasteiger partial charge in [-0.05, 0) is 35.7 Å².